The maximum Gasteiger partial charge on any atom is 0.118 e. The highest BCUT2D eigenvalue weighted by atomic mass is 35.5. The first-order valence-electron chi connectivity index (χ1n) is 4.76. The van der Waals surface area contributed by atoms with Gasteiger partial charge in [0.2, 0.25) is 0 Å². The molecule has 14 heavy (non-hydrogen) atoms. The van der Waals surface area contributed by atoms with Gasteiger partial charge in [0.15, 0.2) is 0 Å². The number of allylic oxidation sites excluding steroid dienone is 1. The monoisotopic (exact) mass is 210 g/mol. The van der Waals surface area contributed by atoms with Crippen LogP contribution in [-0.2, 0) is 0 Å². The van der Waals surface area contributed by atoms with E-state index in [0.717, 1.165) is 29.2 Å². The maximum absolute atomic E-state index is 6.02. The molecule has 0 atom stereocenters. The van der Waals surface area contributed by atoms with Crippen molar-refractivity contribution in [3.05, 3.63) is 34.9 Å². The Hall–Kier alpha value is -0.950. The van der Waals surface area contributed by atoms with Crippen LogP contribution in [0, 0.1) is 0 Å². The van der Waals surface area contributed by atoms with Crippen LogP contribution < -0.4 is 4.74 Å². The molecule has 76 valence electrons. The van der Waals surface area contributed by atoms with Gasteiger partial charge in [-0.15, -0.1) is 0 Å². The van der Waals surface area contributed by atoms with Crippen molar-refractivity contribution < 1.29 is 4.74 Å². The third kappa shape index (κ3) is 3.43. The maximum atomic E-state index is 6.02. The summed E-state index contributed by atoms with van der Waals surface area (Å²) < 4.78 is 5.07. The van der Waals surface area contributed by atoms with Gasteiger partial charge in [-0.25, -0.2) is 0 Å². The van der Waals surface area contributed by atoms with Gasteiger partial charge in [0.1, 0.15) is 5.75 Å². The van der Waals surface area contributed by atoms with E-state index in [-0.39, 0.29) is 0 Å². The molecular formula is C12H15ClO. The molecule has 0 aliphatic rings. The van der Waals surface area contributed by atoms with E-state index < -0.39 is 0 Å². The zero-order valence-electron chi connectivity index (χ0n) is 8.59. The highest BCUT2D eigenvalue weighted by Crippen LogP contribution is 2.17. The number of hydrogen-bond acceptors (Lipinski definition) is 1. The summed E-state index contributed by atoms with van der Waals surface area (Å²) in [5, 5.41) is 0.901. The van der Waals surface area contributed by atoms with Crippen molar-refractivity contribution in [2.45, 2.75) is 19.8 Å². The molecule has 0 saturated heterocycles. The van der Waals surface area contributed by atoms with Crippen molar-refractivity contribution in [1.29, 1.82) is 0 Å². The average molecular weight is 211 g/mol. The first-order chi connectivity index (χ1) is 6.76. The lowest BCUT2D eigenvalue weighted by Gasteiger charge is -2.00. The number of halogens is 1. The van der Waals surface area contributed by atoms with Crippen LogP contribution in [0.15, 0.2) is 29.3 Å². The zero-order chi connectivity index (χ0) is 10.4. The quantitative estimate of drug-likeness (QED) is 0.728. The van der Waals surface area contributed by atoms with Crippen LogP contribution >= 0.6 is 11.6 Å². The lowest BCUT2D eigenvalue weighted by atomic mass is 10.2. The lowest BCUT2D eigenvalue weighted by Crippen LogP contribution is -1.81. The van der Waals surface area contributed by atoms with E-state index in [9.17, 15) is 0 Å². The molecule has 0 heterocycles. The molecule has 0 bridgehead atoms. The van der Waals surface area contributed by atoms with E-state index in [2.05, 4.69) is 6.92 Å². The van der Waals surface area contributed by atoms with Crippen molar-refractivity contribution >= 4 is 17.7 Å². The molecule has 0 N–H and O–H groups in total. The topological polar surface area (TPSA) is 9.23 Å². The van der Waals surface area contributed by atoms with Crippen LogP contribution in [-0.4, -0.2) is 7.11 Å². The van der Waals surface area contributed by atoms with Gasteiger partial charge < -0.3 is 4.74 Å². The highest BCUT2D eigenvalue weighted by molar-refractivity contribution is 6.31. The molecule has 0 aromatic heterocycles. The zero-order valence-corrected chi connectivity index (χ0v) is 9.34. The average Bonchev–Trinajstić information content (AvgIpc) is 2.19. The first kappa shape index (κ1) is 11.1. The van der Waals surface area contributed by atoms with Crippen LogP contribution in [0.3, 0.4) is 0 Å². The molecule has 0 aliphatic carbocycles. The summed E-state index contributed by atoms with van der Waals surface area (Å²) in [6, 6.07) is 7.86. The number of ether oxygens (including phenoxy) is 1. The second kappa shape index (κ2) is 5.71. The molecule has 1 aromatic rings. The Bertz CT molecular complexity index is 301. The van der Waals surface area contributed by atoms with E-state index in [4.69, 9.17) is 16.3 Å². The minimum Gasteiger partial charge on any atom is -0.497 e. The summed E-state index contributed by atoms with van der Waals surface area (Å²) >= 11 is 6.02. The third-order valence-electron chi connectivity index (χ3n) is 1.93. The Kier molecular flexibility index (Phi) is 4.54. The van der Waals surface area contributed by atoms with Gasteiger partial charge in [0, 0.05) is 5.03 Å². The minimum absolute atomic E-state index is 0.869. The van der Waals surface area contributed by atoms with Crippen molar-refractivity contribution in [3.8, 4) is 5.75 Å². The van der Waals surface area contributed by atoms with Crippen molar-refractivity contribution in [3.63, 3.8) is 0 Å². The molecule has 0 unspecified atom stereocenters. The van der Waals surface area contributed by atoms with E-state index >= 15 is 0 Å². The second-order valence-corrected chi connectivity index (χ2v) is 3.60. The van der Waals surface area contributed by atoms with E-state index in [1.807, 2.05) is 30.3 Å². The molecule has 0 saturated carbocycles. The van der Waals surface area contributed by atoms with Gasteiger partial charge in [0.25, 0.3) is 0 Å². The number of hydrogen-bond donors (Lipinski definition) is 0. The smallest absolute Gasteiger partial charge is 0.118 e. The number of methoxy groups -OCH3 is 1. The van der Waals surface area contributed by atoms with Gasteiger partial charge in [-0.05, 0) is 30.2 Å². The Balaban J connectivity index is 2.72. The molecular weight excluding hydrogens is 196 g/mol. The van der Waals surface area contributed by atoms with E-state index in [1.165, 1.54) is 0 Å². The summed E-state index contributed by atoms with van der Waals surface area (Å²) in [5.74, 6) is 0.869. The van der Waals surface area contributed by atoms with Crippen LogP contribution in [0.1, 0.15) is 25.3 Å². The normalized spacial score (nSPS) is 11.5. The summed E-state index contributed by atoms with van der Waals surface area (Å²) in [4.78, 5) is 0. The Morgan fingerprint density at radius 2 is 2.00 bits per heavy atom. The Morgan fingerprint density at radius 3 is 2.50 bits per heavy atom. The predicted octanol–water partition coefficient (Wildman–Crippen LogP) is 4.08. The van der Waals surface area contributed by atoms with Gasteiger partial charge in [0.05, 0.1) is 7.11 Å². The molecule has 1 aromatic carbocycles. The second-order valence-electron chi connectivity index (χ2n) is 3.11. The minimum atomic E-state index is 0.869. The molecule has 2 heteroatoms. The Labute approximate surface area is 90.3 Å². The van der Waals surface area contributed by atoms with Crippen LogP contribution in [0.4, 0.5) is 0 Å². The van der Waals surface area contributed by atoms with Gasteiger partial charge in [-0.2, -0.15) is 0 Å². The fourth-order valence-electron chi connectivity index (χ4n) is 1.19. The predicted molar refractivity (Wildman–Crippen MR) is 61.7 cm³/mol. The van der Waals surface area contributed by atoms with Gasteiger partial charge in [-0.3, -0.25) is 0 Å². The SMILES string of the molecule is CCC/C(Cl)=C/c1ccc(OC)cc1. The van der Waals surface area contributed by atoms with Crippen LogP contribution in [0.5, 0.6) is 5.75 Å². The standard InChI is InChI=1S/C12H15ClO/c1-3-4-11(13)9-10-5-7-12(14-2)8-6-10/h5-9H,3-4H2,1-2H3/b11-9-. The Morgan fingerprint density at radius 1 is 1.36 bits per heavy atom. The summed E-state index contributed by atoms with van der Waals surface area (Å²) in [5.41, 5.74) is 1.12. The fraction of sp³-hybridized carbons (Fsp3) is 0.333. The van der Waals surface area contributed by atoms with Crippen LogP contribution in [0.25, 0.3) is 6.08 Å². The lowest BCUT2D eigenvalue weighted by molar-refractivity contribution is 0.415. The molecule has 1 nitrogen and oxygen atoms in total. The van der Waals surface area contributed by atoms with Gasteiger partial charge in [-0.1, -0.05) is 37.1 Å². The molecule has 0 aliphatic heterocycles. The van der Waals surface area contributed by atoms with E-state index in [1.54, 1.807) is 7.11 Å². The van der Waals surface area contributed by atoms with Crippen LogP contribution in [0.2, 0.25) is 0 Å². The van der Waals surface area contributed by atoms with Gasteiger partial charge >= 0.3 is 0 Å². The summed E-state index contributed by atoms with van der Waals surface area (Å²) in [6.07, 6.45) is 4.00. The van der Waals surface area contributed by atoms with E-state index in [0.29, 0.717) is 0 Å². The van der Waals surface area contributed by atoms with Crippen molar-refractivity contribution in [1.82, 2.24) is 0 Å². The third-order valence-corrected chi connectivity index (χ3v) is 2.23. The molecule has 1 rings (SSSR count). The number of rotatable bonds is 4. The molecule has 0 spiro atoms. The van der Waals surface area contributed by atoms with Crippen molar-refractivity contribution in [2.24, 2.45) is 0 Å². The summed E-state index contributed by atoms with van der Waals surface area (Å²) in [7, 11) is 1.66. The molecule has 0 radical (unpaired) electrons. The largest absolute Gasteiger partial charge is 0.497 e. The first-order valence-corrected chi connectivity index (χ1v) is 5.14. The molecule has 0 fully saturated rings. The highest BCUT2D eigenvalue weighted by Gasteiger charge is 1.93. The fourth-order valence-corrected chi connectivity index (χ4v) is 1.51. The molecule has 0 amide bonds. The summed E-state index contributed by atoms with van der Waals surface area (Å²) in [6.45, 7) is 2.12. The number of benzene rings is 1. The van der Waals surface area contributed by atoms with Crippen molar-refractivity contribution in [2.75, 3.05) is 7.11 Å².